The first kappa shape index (κ1) is 31.7. The molecule has 1 unspecified atom stereocenters. The molecule has 1 saturated carbocycles. The fourth-order valence-electron chi connectivity index (χ4n) is 5.14. The van der Waals surface area contributed by atoms with Gasteiger partial charge in [0.2, 0.25) is 21.8 Å². The highest BCUT2D eigenvalue weighted by atomic mass is 35.5. The summed E-state index contributed by atoms with van der Waals surface area (Å²) in [5.74, 6) is -0.220. The van der Waals surface area contributed by atoms with E-state index in [4.69, 9.17) is 27.9 Å². The molecule has 224 valence electrons. The lowest BCUT2D eigenvalue weighted by Gasteiger charge is -2.34. The molecule has 1 atom stereocenters. The Bertz CT molecular complexity index is 1500. The first-order valence-electron chi connectivity index (χ1n) is 13.7. The number of amides is 2. The third-order valence-corrected chi connectivity index (χ3v) is 9.21. The molecule has 42 heavy (non-hydrogen) atoms. The summed E-state index contributed by atoms with van der Waals surface area (Å²) in [6.45, 7) is -0.479. The van der Waals surface area contributed by atoms with Gasteiger partial charge >= 0.3 is 0 Å². The average molecular weight is 633 g/mol. The standard InChI is InChI=1S/C31H35Cl2N3O5S/c1-41-26-14-8-11-23(17-26)20-35(30(37)21-36(42(2,39)40)25-15-16-27(32)28(33)19-25)29(18-22-9-4-3-5-10-22)31(38)34-24-12-6-7-13-24/h3-5,8-11,14-17,19,24,29H,6-7,12-13,18,20-21H2,1-2H3,(H,34,38). The zero-order chi connectivity index (χ0) is 30.3. The maximum Gasteiger partial charge on any atom is 0.244 e. The van der Waals surface area contributed by atoms with Crippen molar-refractivity contribution >= 4 is 50.7 Å². The number of methoxy groups -OCH3 is 1. The Morgan fingerprint density at radius 3 is 2.29 bits per heavy atom. The van der Waals surface area contributed by atoms with Crippen molar-refractivity contribution in [2.75, 3.05) is 24.2 Å². The smallest absolute Gasteiger partial charge is 0.244 e. The number of carbonyl (C=O) groups excluding carboxylic acids is 2. The number of rotatable bonds is 12. The second-order valence-electron chi connectivity index (χ2n) is 10.4. The first-order valence-corrected chi connectivity index (χ1v) is 16.3. The van der Waals surface area contributed by atoms with Gasteiger partial charge in [0.05, 0.1) is 29.1 Å². The van der Waals surface area contributed by atoms with Gasteiger partial charge in [0.15, 0.2) is 0 Å². The second kappa shape index (κ2) is 14.3. The number of nitrogens with zero attached hydrogens (tertiary/aromatic N) is 2. The minimum Gasteiger partial charge on any atom is -0.497 e. The van der Waals surface area contributed by atoms with Crippen molar-refractivity contribution < 1.29 is 22.7 Å². The quantitative estimate of drug-likeness (QED) is 0.286. The molecule has 1 fully saturated rings. The van der Waals surface area contributed by atoms with Gasteiger partial charge in [-0.05, 0) is 54.3 Å². The van der Waals surface area contributed by atoms with Crippen molar-refractivity contribution in [3.63, 3.8) is 0 Å². The van der Waals surface area contributed by atoms with Crippen molar-refractivity contribution in [1.82, 2.24) is 10.2 Å². The van der Waals surface area contributed by atoms with Gasteiger partial charge in [0.25, 0.3) is 0 Å². The van der Waals surface area contributed by atoms with Crippen LogP contribution in [-0.2, 0) is 32.6 Å². The third kappa shape index (κ3) is 8.40. The topological polar surface area (TPSA) is 96.0 Å². The predicted molar refractivity (Wildman–Crippen MR) is 167 cm³/mol. The Balaban J connectivity index is 1.74. The molecule has 8 nitrogen and oxygen atoms in total. The SMILES string of the molecule is COc1cccc(CN(C(=O)CN(c2ccc(Cl)c(Cl)c2)S(C)(=O)=O)C(Cc2ccccc2)C(=O)NC2CCCC2)c1. The molecular weight excluding hydrogens is 597 g/mol. The van der Waals surface area contributed by atoms with Crippen molar-refractivity contribution in [2.24, 2.45) is 0 Å². The maximum atomic E-state index is 14.2. The van der Waals surface area contributed by atoms with E-state index < -0.39 is 28.5 Å². The van der Waals surface area contributed by atoms with Crippen LogP contribution in [-0.4, -0.2) is 57.1 Å². The summed E-state index contributed by atoms with van der Waals surface area (Å²) >= 11 is 12.3. The number of halogens is 2. The second-order valence-corrected chi connectivity index (χ2v) is 13.2. The van der Waals surface area contributed by atoms with Gasteiger partial charge in [-0.25, -0.2) is 8.42 Å². The molecule has 0 aliphatic heterocycles. The highest BCUT2D eigenvalue weighted by molar-refractivity contribution is 7.92. The molecule has 0 aromatic heterocycles. The van der Waals surface area contributed by atoms with Crippen molar-refractivity contribution in [3.05, 3.63) is 94.0 Å². The molecule has 0 bridgehead atoms. The number of sulfonamides is 1. The number of nitrogens with one attached hydrogen (secondary N) is 1. The van der Waals surface area contributed by atoms with Gasteiger partial charge < -0.3 is 15.0 Å². The monoisotopic (exact) mass is 631 g/mol. The predicted octanol–water partition coefficient (Wildman–Crippen LogP) is 5.47. The number of hydrogen-bond donors (Lipinski definition) is 1. The van der Waals surface area contributed by atoms with Crippen LogP contribution in [0.4, 0.5) is 5.69 Å². The summed E-state index contributed by atoms with van der Waals surface area (Å²) < 4.78 is 32.2. The van der Waals surface area contributed by atoms with Gasteiger partial charge in [0.1, 0.15) is 18.3 Å². The van der Waals surface area contributed by atoms with Gasteiger partial charge in [-0.3, -0.25) is 13.9 Å². The minimum absolute atomic E-state index is 0.0354. The largest absolute Gasteiger partial charge is 0.497 e. The summed E-state index contributed by atoms with van der Waals surface area (Å²) in [6.07, 6.45) is 5.10. The summed E-state index contributed by atoms with van der Waals surface area (Å²) in [6, 6.07) is 20.2. The Hall–Kier alpha value is -3.27. The van der Waals surface area contributed by atoms with Crippen molar-refractivity contribution in [2.45, 2.75) is 50.7 Å². The molecule has 1 aliphatic carbocycles. The lowest BCUT2D eigenvalue weighted by atomic mass is 10.0. The average Bonchev–Trinajstić information content (AvgIpc) is 3.48. The van der Waals surface area contributed by atoms with E-state index in [1.165, 1.54) is 23.1 Å². The highest BCUT2D eigenvalue weighted by Crippen LogP contribution is 2.29. The zero-order valence-corrected chi connectivity index (χ0v) is 26.0. The van der Waals surface area contributed by atoms with E-state index >= 15 is 0 Å². The van der Waals surface area contributed by atoms with E-state index in [1.807, 2.05) is 36.4 Å². The fourth-order valence-corrected chi connectivity index (χ4v) is 6.28. The van der Waals surface area contributed by atoms with E-state index in [9.17, 15) is 18.0 Å². The molecule has 2 amide bonds. The van der Waals surface area contributed by atoms with Crippen LogP contribution in [0.5, 0.6) is 5.75 Å². The summed E-state index contributed by atoms with van der Waals surface area (Å²) in [4.78, 5) is 29.6. The van der Waals surface area contributed by atoms with Crippen molar-refractivity contribution in [3.8, 4) is 5.75 Å². The van der Waals surface area contributed by atoms with Gasteiger partial charge in [-0.15, -0.1) is 0 Å². The van der Waals surface area contributed by atoms with Crippen LogP contribution >= 0.6 is 23.2 Å². The molecule has 0 spiro atoms. The number of hydrogen-bond acceptors (Lipinski definition) is 5. The van der Waals surface area contributed by atoms with E-state index in [-0.39, 0.29) is 40.6 Å². The van der Waals surface area contributed by atoms with E-state index in [0.717, 1.165) is 47.4 Å². The van der Waals surface area contributed by atoms with Gasteiger partial charge in [-0.1, -0.05) is 78.5 Å². The van der Waals surface area contributed by atoms with Gasteiger partial charge in [-0.2, -0.15) is 0 Å². The molecule has 1 N–H and O–H groups in total. The van der Waals surface area contributed by atoms with Crippen LogP contribution in [0.15, 0.2) is 72.8 Å². The number of anilines is 1. The maximum absolute atomic E-state index is 14.2. The normalized spacial score (nSPS) is 14.3. The number of benzene rings is 3. The van der Waals surface area contributed by atoms with Crippen LogP contribution in [0, 0.1) is 0 Å². The van der Waals surface area contributed by atoms with Crippen LogP contribution in [0.1, 0.15) is 36.8 Å². The number of carbonyl (C=O) groups is 2. The van der Waals surface area contributed by atoms with Gasteiger partial charge in [0, 0.05) is 19.0 Å². The lowest BCUT2D eigenvalue weighted by Crippen LogP contribution is -2.54. The summed E-state index contributed by atoms with van der Waals surface area (Å²) in [7, 11) is -2.37. The summed E-state index contributed by atoms with van der Waals surface area (Å²) in [5.41, 5.74) is 1.79. The van der Waals surface area contributed by atoms with Crippen LogP contribution in [0.3, 0.4) is 0 Å². The third-order valence-electron chi connectivity index (χ3n) is 7.33. The Labute approximate surface area is 257 Å². The Morgan fingerprint density at radius 2 is 1.64 bits per heavy atom. The number of ether oxygens (including phenoxy) is 1. The molecule has 0 radical (unpaired) electrons. The van der Waals surface area contributed by atoms with Crippen LogP contribution < -0.4 is 14.4 Å². The van der Waals surface area contributed by atoms with E-state index in [2.05, 4.69) is 5.32 Å². The Morgan fingerprint density at radius 1 is 0.952 bits per heavy atom. The molecule has 4 rings (SSSR count). The Kier molecular flexibility index (Phi) is 10.8. The molecule has 0 saturated heterocycles. The minimum atomic E-state index is -3.92. The van der Waals surface area contributed by atoms with E-state index in [1.54, 1.807) is 25.3 Å². The van der Waals surface area contributed by atoms with Crippen LogP contribution in [0.25, 0.3) is 0 Å². The van der Waals surface area contributed by atoms with Crippen molar-refractivity contribution in [1.29, 1.82) is 0 Å². The molecule has 0 heterocycles. The highest BCUT2D eigenvalue weighted by Gasteiger charge is 2.34. The lowest BCUT2D eigenvalue weighted by molar-refractivity contribution is -0.140. The first-order chi connectivity index (χ1) is 20.0. The fraction of sp³-hybridized carbons (Fsp3) is 0.355. The van der Waals surface area contributed by atoms with Crippen LogP contribution in [0.2, 0.25) is 10.0 Å². The van der Waals surface area contributed by atoms with E-state index in [0.29, 0.717) is 5.75 Å². The molecular formula is C31H35Cl2N3O5S. The summed E-state index contributed by atoms with van der Waals surface area (Å²) in [5, 5.41) is 3.56. The zero-order valence-electron chi connectivity index (χ0n) is 23.6. The molecule has 1 aliphatic rings. The molecule has 3 aromatic carbocycles. The molecule has 11 heteroatoms. The molecule has 3 aromatic rings.